The third-order valence-electron chi connectivity index (χ3n) is 2.77. The van der Waals surface area contributed by atoms with E-state index in [0.29, 0.717) is 17.6 Å². The predicted octanol–water partition coefficient (Wildman–Crippen LogP) is 3.53. The summed E-state index contributed by atoms with van der Waals surface area (Å²) in [7, 11) is 3.41. The van der Waals surface area contributed by atoms with Crippen molar-refractivity contribution in [1.29, 1.82) is 0 Å². The van der Waals surface area contributed by atoms with Gasteiger partial charge in [-0.2, -0.15) is 4.98 Å². The second-order valence-corrected chi connectivity index (χ2v) is 4.92. The second kappa shape index (κ2) is 5.34. The lowest BCUT2D eigenvalue weighted by Gasteiger charge is -2.08. The molecule has 0 amide bonds. The Morgan fingerprint density at radius 3 is 2.80 bits per heavy atom. The number of nitrogens with zero attached hydrogens (tertiary/aromatic N) is 2. The first-order valence-electron chi connectivity index (χ1n) is 6.05. The van der Waals surface area contributed by atoms with Gasteiger partial charge < -0.3 is 14.8 Å². The smallest absolute Gasteiger partial charge is 0.232 e. The van der Waals surface area contributed by atoms with Crippen LogP contribution in [0.25, 0.3) is 10.2 Å². The molecule has 1 aromatic carbocycles. The summed E-state index contributed by atoms with van der Waals surface area (Å²) in [6.45, 7) is 0. The Morgan fingerprint density at radius 1 is 1.15 bits per heavy atom. The molecular weight excluding hydrogens is 274 g/mol. The van der Waals surface area contributed by atoms with Crippen LogP contribution in [-0.2, 0) is 0 Å². The number of rotatable bonds is 4. The van der Waals surface area contributed by atoms with Gasteiger partial charge in [-0.3, -0.25) is 0 Å². The molecule has 20 heavy (non-hydrogen) atoms. The lowest BCUT2D eigenvalue weighted by Crippen LogP contribution is -1.98. The van der Waals surface area contributed by atoms with Crippen molar-refractivity contribution in [2.75, 3.05) is 19.5 Å². The minimum absolute atomic E-state index is 0.536. The van der Waals surface area contributed by atoms with Gasteiger partial charge in [0.25, 0.3) is 0 Å². The van der Waals surface area contributed by atoms with Crippen molar-refractivity contribution >= 4 is 27.5 Å². The molecule has 0 fully saturated rings. The number of ether oxygens (including phenoxy) is 2. The summed E-state index contributed by atoms with van der Waals surface area (Å²) >= 11 is 1.55. The van der Waals surface area contributed by atoms with Crippen molar-refractivity contribution < 1.29 is 9.47 Å². The van der Waals surface area contributed by atoms with Gasteiger partial charge in [0.2, 0.25) is 11.8 Å². The second-order valence-electron chi connectivity index (χ2n) is 4.02. The van der Waals surface area contributed by atoms with E-state index in [-0.39, 0.29) is 0 Å². The summed E-state index contributed by atoms with van der Waals surface area (Å²) < 4.78 is 11.1. The van der Waals surface area contributed by atoms with Gasteiger partial charge in [0, 0.05) is 13.1 Å². The highest BCUT2D eigenvalue weighted by Crippen LogP contribution is 2.32. The van der Waals surface area contributed by atoms with Gasteiger partial charge in [0.05, 0.1) is 12.5 Å². The highest BCUT2D eigenvalue weighted by Gasteiger charge is 2.10. The summed E-state index contributed by atoms with van der Waals surface area (Å²) in [5.74, 6) is 2.50. The molecule has 0 radical (unpaired) electrons. The van der Waals surface area contributed by atoms with E-state index in [9.17, 15) is 0 Å². The number of aromatic nitrogens is 2. The molecule has 0 unspecified atom stereocenters. The molecule has 6 heteroatoms. The lowest BCUT2D eigenvalue weighted by molar-refractivity contribution is 0.408. The predicted molar refractivity (Wildman–Crippen MR) is 80.0 cm³/mol. The molecule has 1 N–H and O–H groups in total. The average Bonchev–Trinajstić information content (AvgIpc) is 2.96. The van der Waals surface area contributed by atoms with Crippen LogP contribution in [0.4, 0.5) is 5.95 Å². The highest BCUT2D eigenvalue weighted by atomic mass is 32.1. The monoisotopic (exact) mass is 287 g/mol. The van der Waals surface area contributed by atoms with Gasteiger partial charge in [-0.15, -0.1) is 11.3 Å². The zero-order chi connectivity index (χ0) is 13.9. The van der Waals surface area contributed by atoms with Crippen molar-refractivity contribution in [3.63, 3.8) is 0 Å². The Morgan fingerprint density at radius 2 is 2.00 bits per heavy atom. The molecule has 2 heterocycles. The normalized spacial score (nSPS) is 10.5. The summed E-state index contributed by atoms with van der Waals surface area (Å²) in [4.78, 5) is 9.64. The SMILES string of the molecule is CNc1nc(Oc2cccc(OC)c2)c2ccsc2n1. The van der Waals surface area contributed by atoms with Crippen molar-refractivity contribution in [1.82, 2.24) is 9.97 Å². The van der Waals surface area contributed by atoms with Crippen LogP contribution in [0.3, 0.4) is 0 Å². The molecule has 102 valence electrons. The van der Waals surface area contributed by atoms with Gasteiger partial charge in [-0.05, 0) is 23.6 Å². The van der Waals surface area contributed by atoms with Crippen LogP contribution in [0.15, 0.2) is 35.7 Å². The Hall–Kier alpha value is -2.34. The molecule has 0 saturated heterocycles. The lowest BCUT2D eigenvalue weighted by atomic mass is 10.3. The van der Waals surface area contributed by atoms with Gasteiger partial charge >= 0.3 is 0 Å². The fourth-order valence-corrected chi connectivity index (χ4v) is 2.55. The molecule has 0 atom stereocenters. The van der Waals surface area contributed by atoms with Crippen LogP contribution in [0.2, 0.25) is 0 Å². The first-order valence-corrected chi connectivity index (χ1v) is 6.93. The van der Waals surface area contributed by atoms with Crippen molar-refractivity contribution in [2.45, 2.75) is 0 Å². The van der Waals surface area contributed by atoms with Gasteiger partial charge in [0.15, 0.2) is 0 Å². The molecule has 0 spiro atoms. The third-order valence-corrected chi connectivity index (χ3v) is 3.58. The van der Waals surface area contributed by atoms with Crippen LogP contribution in [0, 0.1) is 0 Å². The Kier molecular flexibility index (Phi) is 3.39. The van der Waals surface area contributed by atoms with E-state index in [2.05, 4.69) is 15.3 Å². The minimum atomic E-state index is 0.536. The third kappa shape index (κ3) is 2.37. The van der Waals surface area contributed by atoms with Crippen LogP contribution >= 0.6 is 11.3 Å². The highest BCUT2D eigenvalue weighted by molar-refractivity contribution is 7.16. The fourth-order valence-electron chi connectivity index (χ4n) is 1.79. The standard InChI is InChI=1S/C14H13N3O2S/c1-15-14-16-12(11-6-7-20-13(11)17-14)19-10-5-3-4-9(8-10)18-2/h3-8H,1-2H3,(H,15,16,17). The molecule has 0 saturated carbocycles. The number of hydrogen-bond acceptors (Lipinski definition) is 6. The van der Waals surface area contributed by atoms with E-state index < -0.39 is 0 Å². The fraction of sp³-hybridized carbons (Fsp3) is 0.143. The van der Waals surface area contributed by atoms with Crippen LogP contribution in [-0.4, -0.2) is 24.1 Å². The molecule has 0 aliphatic carbocycles. The maximum atomic E-state index is 5.87. The summed E-state index contributed by atoms with van der Waals surface area (Å²) in [5.41, 5.74) is 0. The largest absolute Gasteiger partial charge is 0.497 e. The summed E-state index contributed by atoms with van der Waals surface area (Å²) in [6.07, 6.45) is 0. The molecule has 2 aromatic heterocycles. The average molecular weight is 287 g/mol. The van der Waals surface area contributed by atoms with E-state index in [1.54, 1.807) is 25.5 Å². The molecule has 3 aromatic rings. The van der Waals surface area contributed by atoms with E-state index in [1.807, 2.05) is 35.7 Å². The maximum absolute atomic E-state index is 5.87. The van der Waals surface area contributed by atoms with Gasteiger partial charge in [-0.1, -0.05) is 6.07 Å². The number of nitrogens with one attached hydrogen (secondary N) is 1. The molecule has 0 bridgehead atoms. The Bertz CT molecular complexity index is 742. The molecule has 0 aliphatic heterocycles. The molecule has 3 rings (SSSR count). The number of fused-ring (bicyclic) bond motifs is 1. The van der Waals surface area contributed by atoms with Crippen LogP contribution in [0.1, 0.15) is 0 Å². The minimum Gasteiger partial charge on any atom is -0.497 e. The molecular formula is C14H13N3O2S. The number of anilines is 1. The summed E-state index contributed by atoms with van der Waals surface area (Å²) in [6, 6.07) is 9.38. The van der Waals surface area contributed by atoms with Crippen molar-refractivity contribution in [3.05, 3.63) is 35.7 Å². The maximum Gasteiger partial charge on any atom is 0.232 e. The zero-order valence-electron chi connectivity index (χ0n) is 11.1. The topological polar surface area (TPSA) is 56.3 Å². The first-order chi connectivity index (χ1) is 9.80. The quantitative estimate of drug-likeness (QED) is 0.795. The Balaban J connectivity index is 2.02. The summed E-state index contributed by atoms with van der Waals surface area (Å²) in [5, 5.41) is 5.81. The van der Waals surface area contributed by atoms with Crippen LogP contribution in [0.5, 0.6) is 17.4 Å². The first kappa shape index (κ1) is 12.7. The van der Waals surface area contributed by atoms with Crippen molar-refractivity contribution in [2.24, 2.45) is 0 Å². The zero-order valence-corrected chi connectivity index (χ0v) is 11.9. The van der Waals surface area contributed by atoms with Gasteiger partial charge in [-0.25, -0.2) is 4.98 Å². The van der Waals surface area contributed by atoms with E-state index in [1.165, 1.54) is 0 Å². The van der Waals surface area contributed by atoms with Gasteiger partial charge in [0.1, 0.15) is 16.3 Å². The molecule has 0 aliphatic rings. The molecule has 5 nitrogen and oxygen atoms in total. The Labute approximate surface area is 120 Å². The van der Waals surface area contributed by atoms with Crippen molar-refractivity contribution in [3.8, 4) is 17.4 Å². The van der Waals surface area contributed by atoms with E-state index in [4.69, 9.17) is 9.47 Å². The number of benzene rings is 1. The van der Waals surface area contributed by atoms with Crippen LogP contribution < -0.4 is 14.8 Å². The number of methoxy groups -OCH3 is 1. The van der Waals surface area contributed by atoms with E-state index in [0.717, 1.165) is 16.0 Å². The van der Waals surface area contributed by atoms with E-state index >= 15 is 0 Å². The number of thiophene rings is 1. The number of hydrogen-bond donors (Lipinski definition) is 1.